The highest BCUT2D eigenvalue weighted by molar-refractivity contribution is 7.19. The molecule has 2 aromatic heterocycles. The van der Waals surface area contributed by atoms with E-state index in [9.17, 15) is 22.8 Å². The Balaban J connectivity index is 1.75. The van der Waals surface area contributed by atoms with Gasteiger partial charge in [0.05, 0.1) is 22.3 Å². The van der Waals surface area contributed by atoms with E-state index in [-0.39, 0.29) is 10.8 Å². The Morgan fingerprint density at radius 3 is 2.67 bits per heavy atom. The van der Waals surface area contributed by atoms with Crippen LogP contribution in [0.15, 0.2) is 18.3 Å². The lowest BCUT2D eigenvalue weighted by Crippen LogP contribution is -2.44. The minimum absolute atomic E-state index is 0.109. The monoisotopic (exact) mass is 441 g/mol. The smallest absolute Gasteiger partial charge is 0.306 e. The van der Waals surface area contributed by atoms with Crippen molar-refractivity contribution >= 4 is 28.4 Å². The molecular formula is C19H22F3N5O2S. The van der Waals surface area contributed by atoms with E-state index in [4.69, 9.17) is 0 Å². The number of alkyl halides is 3. The van der Waals surface area contributed by atoms with Crippen LogP contribution >= 0.6 is 11.3 Å². The number of nitrogens with one attached hydrogen (secondary N) is 3. The van der Waals surface area contributed by atoms with Gasteiger partial charge in [-0.1, -0.05) is 11.3 Å². The summed E-state index contributed by atoms with van der Waals surface area (Å²) in [6, 6.07) is 1.88. The molecule has 1 aliphatic rings. The molecule has 1 aliphatic heterocycles. The number of thiazole rings is 1. The quantitative estimate of drug-likeness (QED) is 0.672. The molecule has 3 rings (SSSR count). The topological polar surface area (TPSA) is 96.0 Å². The molecule has 2 aromatic rings. The third-order valence-electron chi connectivity index (χ3n) is 5.00. The number of amides is 3. The van der Waals surface area contributed by atoms with Crippen LogP contribution in [0.5, 0.6) is 0 Å². The zero-order chi connectivity index (χ0) is 22.1. The summed E-state index contributed by atoms with van der Waals surface area (Å²) in [5.74, 6) is -0.411. The molecule has 0 unspecified atom stereocenters. The van der Waals surface area contributed by atoms with Gasteiger partial charge in [0, 0.05) is 6.20 Å². The normalized spacial score (nSPS) is 17.1. The highest BCUT2D eigenvalue weighted by Crippen LogP contribution is 2.41. The number of urea groups is 1. The van der Waals surface area contributed by atoms with Gasteiger partial charge >= 0.3 is 12.2 Å². The van der Waals surface area contributed by atoms with Gasteiger partial charge in [0.1, 0.15) is 5.41 Å². The largest absolute Gasteiger partial charge is 0.399 e. The Morgan fingerprint density at radius 1 is 1.30 bits per heavy atom. The molecule has 0 spiro atoms. The van der Waals surface area contributed by atoms with Gasteiger partial charge in [-0.2, -0.15) is 13.2 Å². The number of carbonyl (C=O) groups excluding carboxylic acids is 2. The number of aryl methyl sites for hydroxylation is 1. The second kappa shape index (κ2) is 8.31. The average Bonchev–Trinajstić information content (AvgIpc) is 3.30. The van der Waals surface area contributed by atoms with Gasteiger partial charge in [-0.3, -0.25) is 20.4 Å². The lowest BCUT2D eigenvalue weighted by molar-refractivity contribution is -0.181. The predicted molar refractivity (Wildman–Crippen MR) is 107 cm³/mol. The van der Waals surface area contributed by atoms with Crippen molar-refractivity contribution in [3.8, 4) is 10.4 Å². The molecule has 0 saturated carbocycles. The molecule has 1 saturated heterocycles. The van der Waals surface area contributed by atoms with Crippen molar-refractivity contribution in [3.05, 3.63) is 29.7 Å². The molecule has 0 aliphatic carbocycles. The van der Waals surface area contributed by atoms with Crippen LogP contribution in [0.4, 0.5) is 23.1 Å². The first kappa shape index (κ1) is 22.2. The standard InChI is InChI=1S/C19H22F3N5O2S/c1-10-14(11-6-8-24-13(9-11)18(2,3)19(20,21)22)30-17(25-10)27-16(29)26-15(28)12-5-4-7-23-12/h6,8-9,12,23H,4-5,7H2,1-3H3,(H2,25,26,27,28,29)/t12-/m0/s1. The van der Waals surface area contributed by atoms with Crippen molar-refractivity contribution in [1.29, 1.82) is 0 Å². The van der Waals surface area contributed by atoms with Crippen molar-refractivity contribution in [2.45, 2.75) is 51.2 Å². The summed E-state index contributed by atoms with van der Waals surface area (Å²) in [5.41, 5.74) is -1.16. The number of hydrogen-bond acceptors (Lipinski definition) is 6. The van der Waals surface area contributed by atoms with Gasteiger partial charge in [-0.25, -0.2) is 9.78 Å². The van der Waals surface area contributed by atoms with Gasteiger partial charge in [0.25, 0.3) is 0 Å². The van der Waals surface area contributed by atoms with Crippen molar-refractivity contribution in [2.24, 2.45) is 0 Å². The van der Waals surface area contributed by atoms with Crippen LogP contribution in [-0.2, 0) is 10.2 Å². The third kappa shape index (κ3) is 4.62. The van der Waals surface area contributed by atoms with Gasteiger partial charge in [0.15, 0.2) is 5.13 Å². The van der Waals surface area contributed by atoms with E-state index in [0.717, 1.165) is 38.1 Å². The highest BCUT2D eigenvalue weighted by atomic mass is 32.1. The Morgan fingerprint density at radius 2 is 2.03 bits per heavy atom. The predicted octanol–water partition coefficient (Wildman–Crippen LogP) is 3.75. The van der Waals surface area contributed by atoms with Crippen molar-refractivity contribution in [1.82, 2.24) is 20.6 Å². The minimum Gasteiger partial charge on any atom is -0.306 e. The van der Waals surface area contributed by atoms with Crippen molar-refractivity contribution < 1.29 is 22.8 Å². The van der Waals surface area contributed by atoms with Gasteiger partial charge in [-0.05, 0) is 57.9 Å². The summed E-state index contributed by atoms with van der Waals surface area (Å²) in [6.07, 6.45) is -1.59. The number of nitrogens with zero attached hydrogens (tertiary/aromatic N) is 2. The number of aromatic nitrogens is 2. The van der Waals surface area contributed by atoms with Crippen LogP contribution in [0.2, 0.25) is 0 Å². The number of imide groups is 1. The van der Waals surface area contributed by atoms with E-state index in [1.54, 1.807) is 13.0 Å². The van der Waals surface area contributed by atoms with Crippen LogP contribution in [-0.4, -0.2) is 40.7 Å². The molecule has 0 radical (unpaired) electrons. The van der Waals surface area contributed by atoms with Crippen LogP contribution in [0.25, 0.3) is 10.4 Å². The summed E-state index contributed by atoms with van der Waals surface area (Å²) in [6.45, 7) is 4.57. The van der Waals surface area contributed by atoms with E-state index < -0.39 is 29.6 Å². The average molecular weight is 441 g/mol. The molecular weight excluding hydrogens is 419 g/mol. The molecule has 3 N–H and O–H groups in total. The summed E-state index contributed by atoms with van der Waals surface area (Å²) in [4.78, 5) is 32.9. The minimum atomic E-state index is -4.45. The van der Waals surface area contributed by atoms with E-state index in [1.165, 1.54) is 12.3 Å². The first-order valence-corrected chi connectivity index (χ1v) is 10.2. The summed E-state index contributed by atoms with van der Waals surface area (Å²) in [5, 5.41) is 8.01. The molecule has 1 fully saturated rings. The van der Waals surface area contributed by atoms with Gasteiger partial charge < -0.3 is 5.32 Å². The van der Waals surface area contributed by atoms with E-state index in [0.29, 0.717) is 22.6 Å². The first-order valence-electron chi connectivity index (χ1n) is 9.35. The van der Waals surface area contributed by atoms with E-state index >= 15 is 0 Å². The molecule has 0 bridgehead atoms. The van der Waals surface area contributed by atoms with Gasteiger partial charge in [-0.15, -0.1) is 0 Å². The summed E-state index contributed by atoms with van der Waals surface area (Å²) < 4.78 is 40.1. The zero-order valence-electron chi connectivity index (χ0n) is 16.7. The Hall–Kier alpha value is -2.53. The van der Waals surface area contributed by atoms with Crippen LogP contribution in [0.3, 0.4) is 0 Å². The Bertz CT molecular complexity index is 952. The molecule has 30 heavy (non-hydrogen) atoms. The van der Waals surface area contributed by atoms with Crippen molar-refractivity contribution in [2.75, 3.05) is 11.9 Å². The fraction of sp³-hybridized carbons (Fsp3) is 0.474. The van der Waals surface area contributed by atoms with E-state index in [1.807, 2.05) is 0 Å². The lowest BCUT2D eigenvalue weighted by Gasteiger charge is -2.27. The van der Waals surface area contributed by atoms with Crippen molar-refractivity contribution in [3.63, 3.8) is 0 Å². The molecule has 3 amide bonds. The van der Waals surface area contributed by atoms with Crippen LogP contribution in [0, 0.1) is 6.92 Å². The maximum absolute atomic E-state index is 13.4. The SMILES string of the molecule is Cc1nc(NC(=O)NC(=O)[C@@H]2CCCN2)sc1-c1ccnc(C(C)(C)C(F)(F)F)c1. The molecule has 1 atom stereocenters. The Kier molecular flexibility index (Phi) is 6.14. The number of halogens is 3. The zero-order valence-corrected chi connectivity index (χ0v) is 17.5. The molecule has 7 nitrogen and oxygen atoms in total. The van der Waals surface area contributed by atoms with Gasteiger partial charge in [0.2, 0.25) is 5.91 Å². The maximum Gasteiger partial charge on any atom is 0.399 e. The number of pyridine rings is 1. The highest BCUT2D eigenvalue weighted by Gasteiger charge is 2.49. The number of hydrogen-bond donors (Lipinski definition) is 3. The molecule has 0 aromatic carbocycles. The second-order valence-electron chi connectivity index (χ2n) is 7.58. The first-order chi connectivity index (χ1) is 14.0. The third-order valence-corrected chi connectivity index (χ3v) is 6.12. The van der Waals surface area contributed by atoms with E-state index in [2.05, 4.69) is 25.9 Å². The molecule has 11 heteroatoms. The number of carbonyl (C=O) groups is 2. The van der Waals surface area contributed by atoms with Crippen LogP contribution in [0.1, 0.15) is 38.1 Å². The molecule has 162 valence electrons. The molecule has 3 heterocycles. The number of anilines is 1. The summed E-state index contributed by atoms with van der Waals surface area (Å²) >= 11 is 1.11. The number of rotatable bonds is 4. The Labute approximate surface area is 175 Å². The van der Waals surface area contributed by atoms with Crippen LogP contribution < -0.4 is 16.0 Å². The summed E-state index contributed by atoms with van der Waals surface area (Å²) in [7, 11) is 0. The maximum atomic E-state index is 13.4. The fourth-order valence-electron chi connectivity index (χ4n) is 3.01. The second-order valence-corrected chi connectivity index (χ2v) is 8.58. The fourth-order valence-corrected chi connectivity index (χ4v) is 3.97. The lowest BCUT2D eigenvalue weighted by atomic mass is 9.87.